The van der Waals surface area contributed by atoms with E-state index >= 15 is 0 Å². The first-order valence-electron chi connectivity index (χ1n) is 11.3. The quantitative estimate of drug-likeness (QED) is 0.307. The largest absolute Gasteiger partial charge is 0.507 e. The van der Waals surface area contributed by atoms with Crippen LogP contribution >= 0.6 is 0 Å². The van der Waals surface area contributed by atoms with E-state index in [0.717, 1.165) is 11.1 Å². The van der Waals surface area contributed by atoms with Gasteiger partial charge in [0.2, 0.25) is 0 Å². The molecule has 6 heteroatoms. The van der Waals surface area contributed by atoms with Gasteiger partial charge in [0.15, 0.2) is 0 Å². The molecule has 1 aliphatic heterocycles. The maximum Gasteiger partial charge on any atom is 0.300 e. The minimum Gasteiger partial charge on any atom is -0.507 e. The molecule has 1 N–H and O–H groups in total. The van der Waals surface area contributed by atoms with E-state index in [1.165, 1.54) is 4.90 Å². The number of anilines is 1. The number of hydrogen-bond donors (Lipinski definition) is 1. The van der Waals surface area contributed by atoms with Gasteiger partial charge < -0.3 is 9.84 Å². The molecule has 1 aliphatic rings. The van der Waals surface area contributed by atoms with Gasteiger partial charge in [0.05, 0.1) is 18.2 Å². The van der Waals surface area contributed by atoms with Gasteiger partial charge in [-0.3, -0.25) is 19.5 Å². The first-order chi connectivity index (χ1) is 16.3. The van der Waals surface area contributed by atoms with Crippen LogP contribution in [0.1, 0.15) is 42.1 Å². The lowest BCUT2D eigenvalue weighted by atomic mass is 9.95. The number of hydrogen-bond acceptors (Lipinski definition) is 5. The zero-order valence-corrected chi connectivity index (χ0v) is 19.8. The summed E-state index contributed by atoms with van der Waals surface area (Å²) in [7, 11) is 0. The second-order valence-corrected chi connectivity index (χ2v) is 8.98. The fourth-order valence-electron chi connectivity index (χ4n) is 4.06. The predicted molar refractivity (Wildman–Crippen MR) is 132 cm³/mol. The number of Topliss-reactive ketones (excluding diaryl/α,β-unsaturated/α-hetero) is 1. The van der Waals surface area contributed by atoms with E-state index in [4.69, 9.17) is 4.74 Å². The highest BCUT2D eigenvalue weighted by atomic mass is 16.5. The summed E-state index contributed by atoms with van der Waals surface area (Å²) in [4.78, 5) is 32.3. The Morgan fingerprint density at radius 2 is 1.88 bits per heavy atom. The molecule has 0 radical (unpaired) electrons. The zero-order valence-electron chi connectivity index (χ0n) is 19.8. The van der Waals surface area contributed by atoms with Gasteiger partial charge in [-0.1, -0.05) is 44.2 Å². The summed E-state index contributed by atoms with van der Waals surface area (Å²) >= 11 is 0. The molecule has 174 valence electrons. The Kier molecular flexibility index (Phi) is 6.50. The summed E-state index contributed by atoms with van der Waals surface area (Å²) in [5, 5.41) is 11.3. The number of pyridine rings is 1. The van der Waals surface area contributed by atoms with Crippen LogP contribution < -0.4 is 9.64 Å². The molecule has 0 spiro atoms. The van der Waals surface area contributed by atoms with E-state index in [1.54, 1.807) is 48.8 Å². The van der Waals surface area contributed by atoms with Crippen molar-refractivity contribution in [2.45, 2.75) is 33.7 Å². The van der Waals surface area contributed by atoms with E-state index in [9.17, 15) is 14.7 Å². The number of ether oxygens (including phenoxy) is 1. The number of amides is 1. The van der Waals surface area contributed by atoms with E-state index in [1.807, 2.05) is 45.9 Å². The lowest BCUT2D eigenvalue weighted by molar-refractivity contribution is -0.132. The monoisotopic (exact) mass is 456 g/mol. The second kappa shape index (κ2) is 9.51. The Balaban J connectivity index is 1.88. The normalized spacial score (nSPS) is 17.4. The smallest absolute Gasteiger partial charge is 0.300 e. The van der Waals surface area contributed by atoms with Crippen LogP contribution in [0.2, 0.25) is 0 Å². The molecule has 0 saturated carbocycles. The van der Waals surface area contributed by atoms with Crippen LogP contribution in [0.25, 0.3) is 5.76 Å². The molecule has 2 aromatic carbocycles. The van der Waals surface area contributed by atoms with Crippen molar-refractivity contribution in [3.63, 3.8) is 0 Å². The summed E-state index contributed by atoms with van der Waals surface area (Å²) < 4.78 is 5.79. The van der Waals surface area contributed by atoms with Gasteiger partial charge in [-0.05, 0) is 60.7 Å². The Labute approximate surface area is 199 Å². The number of benzene rings is 2. The molecule has 1 saturated heterocycles. The Morgan fingerprint density at radius 1 is 1.09 bits per heavy atom. The number of ketones is 1. The summed E-state index contributed by atoms with van der Waals surface area (Å²) in [6.45, 7) is 8.45. The van der Waals surface area contributed by atoms with Crippen molar-refractivity contribution in [2.24, 2.45) is 5.92 Å². The molecule has 6 nitrogen and oxygen atoms in total. The van der Waals surface area contributed by atoms with Gasteiger partial charge in [-0.2, -0.15) is 0 Å². The molecule has 1 amide bonds. The molecule has 0 aliphatic carbocycles. The molecule has 4 rings (SSSR count). The van der Waals surface area contributed by atoms with Crippen LogP contribution in [0.5, 0.6) is 5.75 Å². The zero-order chi connectivity index (χ0) is 24.4. The van der Waals surface area contributed by atoms with Crippen molar-refractivity contribution in [3.8, 4) is 5.75 Å². The highest BCUT2D eigenvalue weighted by Gasteiger charge is 2.47. The summed E-state index contributed by atoms with van der Waals surface area (Å²) in [6.07, 6.45) is 3.24. The van der Waals surface area contributed by atoms with Crippen LogP contribution in [-0.4, -0.2) is 28.4 Å². The van der Waals surface area contributed by atoms with Crippen LogP contribution in [0.3, 0.4) is 0 Å². The van der Waals surface area contributed by atoms with E-state index in [0.29, 0.717) is 35.1 Å². The first-order valence-corrected chi connectivity index (χ1v) is 11.3. The number of nitrogens with zero attached hydrogens (tertiary/aromatic N) is 2. The van der Waals surface area contributed by atoms with E-state index in [-0.39, 0.29) is 11.3 Å². The van der Waals surface area contributed by atoms with E-state index < -0.39 is 17.7 Å². The average molecular weight is 457 g/mol. The maximum atomic E-state index is 13.3. The summed E-state index contributed by atoms with van der Waals surface area (Å²) in [6, 6.07) is 15.4. The molecule has 34 heavy (non-hydrogen) atoms. The highest BCUT2D eigenvalue weighted by Crippen LogP contribution is 2.43. The van der Waals surface area contributed by atoms with Crippen LogP contribution in [0.4, 0.5) is 5.69 Å². The Bertz CT molecular complexity index is 1260. The molecule has 1 aromatic heterocycles. The molecular weight excluding hydrogens is 428 g/mol. The third-order valence-corrected chi connectivity index (χ3v) is 5.76. The van der Waals surface area contributed by atoms with Gasteiger partial charge in [0, 0.05) is 23.6 Å². The molecule has 3 aromatic rings. The first kappa shape index (κ1) is 23.2. The summed E-state index contributed by atoms with van der Waals surface area (Å²) in [5.74, 6) is -0.739. The topological polar surface area (TPSA) is 79.7 Å². The number of rotatable bonds is 6. The average Bonchev–Trinajstić information content (AvgIpc) is 3.10. The molecule has 2 heterocycles. The minimum absolute atomic E-state index is 0.0277. The van der Waals surface area contributed by atoms with Crippen LogP contribution in [0, 0.1) is 19.8 Å². The number of aliphatic hydroxyl groups is 1. The van der Waals surface area contributed by atoms with Crippen molar-refractivity contribution in [3.05, 3.63) is 94.8 Å². The van der Waals surface area contributed by atoms with E-state index in [2.05, 4.69) is 4.98 Å². The van der Waals surface area contributed by atoms with Crippen LogP contribution in [0.15, 0.2) is 72.6 Å². The van der Waals surface area contributed by atoms with Crippen molar-refractivity contribution in [2.75, 3.05) is 11.5 Å². The van der Waals surface area contributed by atoms with Gasteiger partial charge in [-0.25, -0.2) is 0 Å². The van der Waals surface area contributed by atoms with Gasteiger partial charge in [-0.15, -0.1) is 0 Å². The predicted octanol–water partition coefficient (Wildman–Crippen LogP) is 5.36. The summed E-state index contributed by atoms with van der Waals surface area (Å²) in [5.41, 5.74) is 3.52. The third kappa shape index (κ3) is 4.44. The standard InChI is InChI=1S/C28H28N2O4/c1-17(2)16-34-22-9-5-7-20(14-22)26(31)24-25(21-8-6-12-29-15-21)30(28(33)27(24)32)23-13-18(3)10-11-19(23)4/h5-15,17,25,31H,16H2,1-4H3/b26-24+. The number of carbonyl (C=O) groups excluding carboxylic acids is 2. The van der Waals surface area contributed by atoms with Gasteiger partial charge >= 0.3 is 0 Å². The molecule has 1 fully saturated rings. The lowest BCUT2D eigenvalue weighted by Crippen LogP contribution is -2.30. The molecule has 1 atom stereocenters. The Hall–Kier alpha value is -3.93. The molecular formula is C28H28N2O4. The van der Waals surface area contributed by atoms with Gasteiger partial charge in [0.25, 0.3) is 11.7 Å². The number of aryl methyl sites for hydroxylation is 2. The minimum atomic E-state index is -0.811. The number of aromatic nitrogens is 1. The Morgan fingerprint density at radius 3 is 2.59 bits per heavy atom. The van der Waals surface area contributed by atoms with Gasteiger partial charge in [0.1, 0.15) is 11.5 Å². The third-order valence-electron chi connectivity index (χ3n) is 5.76. The molecule has 0 bridgehead atoms. The SMILES string of the molecule is Cc1ccc(C)c(N2C(=O)C(=O)/C(=C(/O)c3cccc(OCC(C)C)c3)C2c2cccnc2)c1. The van der Waals surface area contributed by atoms with Crippen molar-refractivity contribution >= 4 is 23.1 Å². The number of carbonyl (C=O) groups is 2. The highest BCUT2D eigenvalue weighted by molar-refractivity contribution is 6.51. The fraction of sp³-hybridized carbons (Fsp3) is 0.250. The maximum absolute atomic E-state index is 13.3. The van der Waals surface area contributed by atoms with Crippen molar-refractivity contribution in [1.29, 1.82) is 0 Å². The van der Waals surface area contributed by atoms with Crippen molar-refractivity contribution < 1.29 is 19.4 Å². The lowest BCUT2D eigenvalue weighted by Gasteiger charge is -2.27. The number of aliphatic hydroxyl groups excluding tert-OH is 1. The van der Waals surface area contributed by atoms with Crippen LogP contribution in [-0.2, 0) is 9.59 Å². The fourth-order valence-corrected chi connectivity index (χ4v) is 4.06. The van der Waals surface area contributed by atoms with Crippen molar-refractivity contribution in [1.82, 2.24) is 4.98 Å². The molecule has 1 unspecified atom stereocenters. The second-order valence-electron chi connectivity index (χ2n) is 8.98.